The fourth-order valence-corrected chi connectivity index (χ4v) is 2.43. The summed E-state index contributed by atoms with van der Waals surface area (Å²) in [7, 11) is 3.97. The summed E-state index contributed by atoms with van der Waals surface area (Å²) >= 11 is 0. The zero-order chi connectivity index (χ0) is 19.9. The number of benzene rings is 3. The van der Waals surface area contributed by atoms with Crippen LogP contribution >= 0.6 is 0 Å². The van der Waals surface area contributed by atoms with Crippen molar-refractivity contribution in [1.29, 1.82) is 10.5 Å². The second kappa shape index (κ2) is 8.48. The molecule has 0 saturated carbocycles. The Hall–Kier alpha value is -4.16. The summed E-state index contributed by atoms with van der Waals surface area (Å²) in [4.78, 5) is 2.02. The van der Waals surface area contributed by atoms with Crippen LogP contribution in [-0.4, -0.2) is 14.1 Å². The van der Waals surface area contributed by atoms with Crippen molar-refractivity contribution in [2.45, 2.75) is 0 Å². The minimum absolute atomic E-state index is 0.283. The van der Waals surface area contributed by atoms with Crippen LogP contribution in [0.3, 0.4) is 0 Å². The highest BCUT2D eigenvalue weighted by Gasteiger charge is 2.05. The van der Waals surface area contributed by atoms with E-state index in [9.17, 15) is 0 Å². The van der Waals surface area contributed by atoms with E-state index in [-0.39, 0.29) is 5.56 Å². The lowest BCUT2D eigenvalue weighted by molar-refractivity contribution is 0.482. The van der Waals surface area contributed by atoms with Gasteiger partial charge < -0.3 is 9.64 Å². The van der Waals surface area contributed by atoms with E-state index in [0.717, 1.165) is 11.4 Å². The molecule has 0 bridgehead atoms. The van der Waals surface area contributed by atoms with Gasteiger partial charge in [-0.1, -0.05) is 0 Å². The zero-order valence-corrected chi connectivity index (χ0v) is 15.5. The second-order valence-electron chi connectivity index (χ2n) is 6.14. The standard InChI is InChI=1S/C22H17N5O/c1-27(2)20-8-4-18(5-9-20)25-26-19-6-11-21(12-7-19)28-22-10-3-16(14-23)17(13-22)15-24/h3-13H,1-2H3. The van der Waals surface area contributed by atoms with Crippen LogP contribution in [0.2, 0.25) is 0 Å². The summed E-state index contributed by atoms with van der Waals surface area (Å²) in [6.07, 6.45) is 0. The first-order valence-corrected chi connectivity index (χ1v) is 8.50. The van der Waals surface area contributed by atoms with Crippen LogP contribution < -0.4 is 9.64 Å². The monoisotopic (exact) mass is 367 g/mol. The van der Waals surface area contributed by atoms with Gasteiger partial charge in [0.1, 0.15) is 23.6 Å². The Bertz CT molecular complexity index is 1070. The third kappa shape index (κ3) is 4.51. The van der Waals surface area contributed by atoms with Crippen LogP contribution in [0.4, 0.5) is 17.1 Å². The summed E-state index contributed by atoms with van der Waals surface area (Å²) in [5, 5.41) is 26.5. The predicted molar refractivity (Wildman–Crippen MR) is 107 cm³/mol. The number of nitrogens with zero attached hydrogens (tertiary/aromatic N) is 5. The van der Waals surface area contributed by atoms with Crippen LogP contribution in [0.25, 0.3) is 0 Å². The van der Waals surface area contributed by atoms with Gasteiger partial charge in [-0.3, -0.25) is 0 Å². The fraction of sp³-hybridized carbons (Fsp3) is 0.0909. The van der Waals surface area contributed by atoms with Crippen LogP contribution in [0.5, 0.6) is 11.5 Å². The SMILES string of the molecule is CN(C)c1ccc(N=Nc2ccc(Oc3ccc(C#N)c(C#N)c3)cc2)cc1. The first-order chi connectivity index (χ1) is 13.6. The molecular formula is C22H17N5O. The van der Waals surface area contributed by atoms with Crippen LogP contribution in [0.15, 0.2) is 77.0 Å². The minimum atomic E-state index is 0.283. The van der Waals surface area contributed by atoms with E-state index in [1.807, 2.05) is 55.4 Å². The molecule has 6 heteroatoms. The van der Waals surface area contributed by atoms with Gasteiger partial charge in [0.25, 0.3) is 0 Å². The average Bonchev–Trinajstić information content (AvgIpc) is 2.73. The van der Waals surface area contributed by atoms with Gasteiger partial charge >= 0.3 is 0 Å². The number of rotatable bonds is 5. The van der Waals surface area contributed by atoms with Crippen LogP contribution in [-0.2, 0) is 0 Å². The first kappa shape index (κ1) is 18.6. The van der Waals surface area contributed by atoms with E-state index in [2.05, 4.69) is 10.2 Å². The Kier molecular flexibility index (Phi) is 5.64. The van der Waals surface area contributed by atoms with Crippen molar-refractivity contribution in [3.63, 3.8) is 0 Å². The van der Waals surface area contributed by atoms with Crippen LogP contribution in [0.1, 0.15) is 11.1 Å². The molecule has 6 nitrogen and oxygen atoms in total. The van der Waals surface area contributed by atoms with E-state index < -0.39 is 0 Å². The molecule has 3 rings (SSSR count). The van der Waals surface area contributed by atoms with Crippen molar-refractivity contribution in [3.8, 4) is 23.6 Å². The van der Waals surface area contributed by atoms with E-state index >= 15 is 0 Å². The zero-order valence-electron chi connectivity index (χ0n) is 15.5. The van der Waals surface area contributed by atoms with Crippen molar-refractivity contribution in [2.24, 2.45) is 10.2 Å². The Labute approximate surface area is 163 Å². The van der Waals surface area contributed by atoms with Gasteiger partial charge in [-0.15, -0.1) is 0 Å². The lowest BCUT2D eigenvalue weighted by atomic mass is 10.1. The van der Waals surface area contributed by atoms with Crippen molar-refractivity contribution in [3.05, 3.63) is 77.9 Å². The molecule has 0 atom stereocenters. The van der Waals surface area contributed by atoms with E-state index in [1.54, 1.807) is 42.5 Å². The topological polar surface area (TPSA) is 84.8 Å². The van der Waals surface area contributed by atoms with Gasteiger partial charge in [-0.25, -0.2) is 0 Å². The maximum absolute atomic E-state index is 9.09. The van der Waals surface area contributed by atoms with Gasteiger partial charge in [0.15, 0.2) is 0 Å². The van der Waals surface area contributed by atoms with Gasteiger partial charge in [0.2, 0.25) is 0 Å². The molecule has 3 aromatic carbocycles. The largest absolute Gasteiger partial charge is 0.457 e. The van der Waals surface area contributed by atoms with E-state index in [1.165, 1.54) is 0 Å². The summed E-state index contributed by atoms with van der Waals surface area (Å²) in [5.74, 6) is 1.09. The van der Waals surface area contributed by atoms with Crippen molar-refractivity contribution in [1.82, 2.24) is 0 Å². The highest BCUT2D eigenvalue weighted by molar-refractivity contribution is 5.52. The normalized spacial score (nSPS) is 10.3. The highest BCUT2D eigenvalue weighted by Crippen LogP contribution is 2.27. The van der Waals surface area contributed by atoms with Crippen LogP contribution in [0, 0.1) is 22.7 Å². The Morgan fingerprint density at radius 2 is 1.25 bits per heavy atom. The Balaban J connectivity index is 1.68. The number of azo groups is 1. The molecule has 0 fully saturated rings. The average molecular weight is 367 g/mol. The van der Waals surface area contributed by atoms with Gasteiger partial charge in [0, 0.05) is 19.8 Å². The maximum Gasteiger partial charge on any atom is 0.128 e. The first-order valence-electron chi connectivity index (χ1n) is 8.50. The van der Waals surface area contributed by atoms with Crippen molar-refractivity contribution < 1.29 is 4.74 Å². The molecule has 0 unspecified atom stereocenters. The second-order valence-corrected chi connectivity index (χ2v) is 6.14. The summed E-state index contributed by atoms with van der Waals surface area (Å²) in [6, 6.07) is 23.7. The predicted octanol–water partition coefficient (Wildman–Crippen LogP) is 5.70. The number of nitriles is 2. The molecule has 0 amide bonds. The molecule has 28 heavy (non-hydrogen) atoms. The molecule has 3 aromatic rings. The molecule has 0 aromatic heterocycles. The van der Waals surface area contributed by atoms with Crippen molar-refractivity contribution >= 4 is 17.1 Å². The third-order valence-electron chi connectivity index (χ3n) is 3.95. The lowest BCUT2D eigenvalue weighted by Gasteiger charge is -2.11. The number of hydrogen-bond donors (Lipinski definition) is 0. The smallest absolute Gasteiger partial charge is 0.128 e. The Morgan fingerprint density at radius 1 is 0.714 bits per heavy atom. The van der Waals surface area contributed by atoms with Crippen molar-refractivity contribution in [2.75, 3.05) is 19.0 Å². The molecule has 0 spiro atoms. The van der Waals surface area contributed by atoms with Gasteiger partial charge in [0.05, 0.1) is 22.5 Å². The number of ether oxygens (including phenoxy) is 1. The third-order valence-corrected chi connectivity index (χ3v) is 3.95. The molecule has 0 aliphatic carbocycles. The van der Waals surface area contributed by atoms with Gasteiger partial charge in [-0.05, 0) is 66.7 Å². The van der Waals surface area contributed by atoms with E-state index in [0.29, 0.717) is 22.7 Å². The molecule has 0 aliphatic rings. The summed E-state index contributed by atoms with van der Waals surface area (Å²) in [6.45, 7) is 0. The molecule has 136 valence electrons. The molecule has 0 heterocycles. The fourth-order valence-electron chi connectivity index (χ4n) is 2.43. The molecular weight excluding hydrogens is 350 g/mol. The minimum Gasteiger partial charge on any atom is -0.457 e. The Morgan fingerprint density at radius 3 is 1.79 bits per heavy atom. The number of anilines is 1. The molecule has 0 saturated heterocycles. The van der Waals surface area contributed by atoms with E-state index in [4.69, 9.17) is 15.3 Å². The summed E-state index contributed by atoms with van der Waals surface area (Å²) < 4.78 is 5.74. The highest BCUT2D eigenvalue weighted by atomic mass is 16.5. The lowest BCUT2D eigenvalue weighted by Crippen LogP contribution is -2.07. The quantitative estimate of drug-likeness (QED) is 0.541. The van der Waals surface area contributed by atoms with Gasteiger partial charge in [-0.2, -0.15) is 20.8 Å². The number of hydrogen-bond acceptors (Lipinski definition) is 6. The molecule has 0 N–H and O–H groups in total. The molecule has 0 radical (unpaired) electrons. The molecule has 0 aliphatic heterocycles. The maximum atomic E-state index is 9.09. The summed E-state index contributed by atoms with van der Waals surface area (Å²) in [5.41, 5.74) is 3.17.